The maximum atomic E-state index is 11.4. The quantitative estimate of drug-likeness (QED) is 0.919. The molecule has 0 bridgehead atoms. The van der Waals surface area contributed by atoms with E-state index in [0.29, 0.717) is 5.56 Å². The first-order chi connectivity index (χ1) is 10.2. The molecule has 1 fully saturated rings. The van der Waals surface area contributed by atoms with E-state index in [1.54, 1.807) is 6.07 Å². The zero-order valence-corrected chi connectivity index (χ0v) is 12.4. The number of hydrogen-bond donors (Lipinski definition) is 1. The topological polar surface area (TPSA) is 40.5 Å². The second kappa shape index (κ2) is 5.76. The van der Waals surface area contributed by atoms with Crippen molar-refractivity contribution in [2.45, 2.75) is 26.2 Å². The van der Waals surface area contributed by atoms with E-state index in [-0.39, 0.29) is 0 Å². The summed E-state index contributed by atoms with van der Waals surface area (Å²) < 4.78 is 0. The molecule has 0 spiro atoms. The number of piperidine rings is 1. The molecular weight excluding hydrogens is 262 g/mol. The van der Waals surface area contributed by atoms with Crippen LogP contribution in [0.25, 0.3) is 10.8 Å². The van der Waals surface area contributed by atoms with Gasteiger partial charge in [0.25, 0.3) is 0 Å². The number of carboxylic acid groups (broad SMARTS) is 1. The Bertz CT molecular complexity index is 657. The summed E-state index contributed by atoms with van der Waals surface area (Å²) in [6, 6.07) is 11.5. The Kier molecular flexibility index (Phi) is 3.82. The highest BCUT2D eigenvalue weighted by atomic mass is 16.4. The lowest BCUT2D eigenvalue weighted by atomic mass is 9.93. The van der Waals surface area contributed by atoms with E-state index in [4.69, 9.17) is 0 Å². The van der Waals surface area contributed by atoms with Crippen molar-refractivity contribution < 1.29 is 9.90 Å². The number of carbonyl (C=O) groups is 1. The number of rotatable bonds is 3. The van der Waals surface area contributed by atoms with Gasteiger partial charge in [0.2, 0.25) is 0 Å². The third-order valence-electron chi connectivity index (χ3n) is 4.66. The van der Waals surface area contributed by atoms with Crippen molar-refractivity contribution in [1.29, 1.82) is 0 Å². The van der Waals surface area contributed by atoms with E-state index in [2.05, 4.69) is 11.8 Å². The Hall–Kier alpha value is -2.03. The highest BCUT2D eigenvalue weighted by molar-refractivity contribution is 6.07. The smallest absolute Gasteiger partial charge is 0.336 e. The third-order valence-corrected chi connectivity index (χ3v) is 4.66. The van der Waals surface area contributed by atoms with Crippen molar-refractivity contribution in [3.63, 3.8) is 0 Å². The molecule has 1 heterocycles. The van der Waals surface area contributed by atoms with Crippen LogP contribution in [0.2, 0.25) is 0 Å². The number of benzene rings is 2. The molecule has 0 unspecified atom stereocenters. The summed E-state index contributed by atoms with van der Waals surface area (Å²) in [6.45, 7) is 4.39. The number of carboxylic acids is 1. The van der Waals surface area contributed by atoms with Gasteiger partial charge in [0.05, 0.1) is 5.56 Å². The standard InChI is InChI=1S/C18H21NO2/c1-2-13-9-11-19(12-10-13)17-8-7-16(18(20)21)14-5-3-4-6-15(14)17/h3-8,13H,2,9-12H2,1H3,(H,20,21). The lowest BCUT2D eigenvalue weighted by molar-refractivity contribution is 0.0699. The van der Waals surface area contributed by atoms with Crippen molar-refractivity contribution in [3.05, 3.63) is 42.0 Å². The molecule has 110 valence electrons. The number of fused-ring (bicyclic) bond motifs is 1. The normalized spacial score (nSPS) is 16.3. The van der Waals surface area contributed by atoms with Gasteiger partial charge in [-0.3, -0.25) is 0 Å². The largest absolute Gasteiger partial charge is 0.478 e. The van der Waals surface area contributed by atoms with Gasteiger partial charge in [-0.05, 0) is 36.3 Å². The Labute approximate surface area is 125 Å². The van der Waals surface area contributed by atoms with Crippen molar-refractivity contribution in [2.24, 2.45) is 5.92 Å². The molecule has 0 saturated carbocycles. The molecular formula is C18H21NO2. The van der Waals surface area contributed by atoms with Gasteiger partial charge in [-0.2, -0.15) is 0 Å². The first kappa shape index (κ1) is 13.9. The van der Waals surface area contributed by atoms with Gasteiger partial charge < -0.3 is 10.0 Å². The fraction of sp³-hybridized carbons (Fsp3) is 0.389. The maximum absolute atomic E-state index is 11.4. The van der Waals surface area contributed by atoms with Gasteiger partial charge in [-0.25, -0.2) is 4.79 Å². The molecule has 0 radical (unpaired) electrons. The second-order valence-electron chi connectivity index (χ2n) is 5.82. The molecule has 0 aliphatic carbocycles. The van der Waals surface area contributed by atoms with Gasteiger partial charge in [0, 0.05) is 24.2 Å². The monoisotopic (exact) mass is 283 g/mol. The number of hydrogen-bond acceptors (Lipinski definition) is 2. The van der Waals surface area contributed by atoms with Crippen LogP contribution in [-0.4, -0.2) is 24.2 Å². The Morgan fingerprint density at radius 1 is 1.14 bits per heavy atom. The zero-order chi connectivity index (χ0) is 14.8. The zero-order valence-electron chi connectivity index (χ0n) is 12.4. The van der Waals surface area contributed by atoms with Gasteiger partial charge in [-0.15, -0.1) is 0 Å². The van der Waals surface area contributed by atoms with Crippen LogP contribution in [0, 0.1) is 5.92 Å². The van der Waals surface area contributed by atoms with Crippen molar-refractivity contribution in [1.82, 2.24) is 0 Å². The molecule has 0 aromatic heterocycles. The predicted octanol–water partition coefficient (Wildman–Crippen LogP) is 4.16. The minimum absolute atomic E-state index is 0.387. The Balaban J connectivity index is 2.00. The summed E-state index contributed by atoms with van der Waals surface area (Å²) in [6.07, 6.45) is 3.71. The van der Waals surface area contributed by atoms with Gasteiger partial charge in [0.1, 0.15) is 0 Å². The van der Waals surface area contributed by atoms with Crippen LogP contribution in [0.4, 0.5) is 5.69 Å². The lowest BCUT2D eigenvalue weighted by Gasteiger charge is -2.34. The second-order valence-corrected chi connectivity index (χ2v) is 5.82. The fourth-order valence-corrected chi connectivity index (χ4v) is 3.33. The lowest BCUT2D eigenvalue weighted by Crippen LogP contribution is -2.33. The van der Waals surface area contributed by atoms with Crippen LogP contribution in [0.1, 0.15) is 36.5 Å². The molecule has 3 rings (SSSR count). The molecule has 21 heavy (non-hydrogen) atoms. The number of anilines is 1. The van der Waals surface area contributed by atoms with Crippen LogP contribution in [-0.2, 0) is 0 Å². The van der Waals surface area contributed by atoms with Crippen LogP contribution in [0.5, 0.6) is 0 Å². The summed E-state index contributed by atoms with van der Waals surface area (Å²) in [5.74, 6) is -0.0201. The average molecular weight is 283 g/mol. The van der Waals surface area contributed by atoms with Gasteiger partial charge in [0.15, 0.2) is 0 Å². The summed E-state index contributed by atoms with van der Waals surface area (Å²) in [5, 5.41) is 11.2. The highest BCUT2D eigenvalue weighted by Gasteiger charge is 2.20. The van der Waals surface area contributed by atoms with Gasteiger partial charge >= 0.3 is 5.97 Å². The van der Waals surface area contributed by atoms with Crippen LogP contribution >= 0.6 is 0 Å². The Morgan fingerprint density at radius 3 is 2.43 bits per heavy atom. The van der Waals surface area contributed by atoms with Crippen LogP contribution in [0.3, 0.4) is 0 Å². The first-order valence-electron chi connectivity index (χ1n) is 7.70. The average Bonchev–Trinajstić information content (AvgIpc) is 2.54. The SMILES string of the molecule is CCC1CCN(c2ccc(C(=O)O)c3ccccc23)CC1. The van der Waals surface area contributed by atoms with Crippen LogP contribution in [0.15, 0.2) is 36.4 Å². The summed E-state index contributed by atoms with van der Waals surface area (Å²) in [4.78, 5) is 13.8. The van der Waals surface area contributed by atoms with E-state index in [0.717, 1.165) is 29.8 Å². The summed E-state index contributed by atoms with van der Waals surface area (Å²) >= 11 is 0. The molecule has 1 N–H and O–H groups in total. The maximum Gasteiger partial charge on any atom is 0.336 e. The minimum atomic E-state index is -0.859. The van der Waals surface area contributed by atoms with E-state index in [1.165, 1.54) is 24.9 Å². The van der Waals surface area contributed by atoms with Crippen LogP contribution < -0.4 is 4.90 Å². The van der Waals surface area contributed by atoms with Crippen molar-refractivity contribution in [3.8, 4) is 0 Å². The Morgan fingerprint density at radius 2 is 1.81 bits per heavy atom. The number of nitrogens with zero attached hydrogens (tertiary/aromatic N) is 1. The first-order valence-corrected chi connectivity index (χ1v) is 7.70. The molecule has 2 aromatic rings. The summed E-state index contributed by atoms with van der Waals surface area (Å²) in [5.41, 5.74) is 1.56. The summed E-state index contributed by atoms with van der Waals surface area (Å²) in [7, 11) is 0. The molecule has 0 amide bonds. The van der Waals surface area contributed by atoms with Crippen molar-refractivity contribution >= 4 is 22.4 Å². The molecule has 0 atom stereocenters. The van der Waals surface area contributed by atoms with Gasteiger partial charge in [-0.1, -0.05) is 37.6 Å². The van der Waals surface area contributed by atoms with E-state index in [9.17, 15) is 9.90 Å². The molecule has 3 nitrogen and oxygen atoms in total. The molecule has 1 aliphatic heterocycles. The molecule has 3 heteroatoms. The number of aromatic carboxylic acids is 1. The minimum Gasteiger partial charge on any atom is -0.478 e. The van der Waals surface area contributed by atoms with E-state index < -0.39 is 5.97 Å². The predicted molar refractivity (Wildman–Crippen MR) is 86.1 cm³/mol. The van der Waals surface area contributed by atoms with E-state index in [1.807, 2.05) is 30.3 Å². The highest BCUT2D eigenvalue weighted by Crippen LogP contribution is 2.32. The van der Waals surface area contributed by atoms with Crippen molar-refractivity contribution in [2.75, 3.05) is 18.0 Å². The fourth-order valence-electron chi connectivity index (χ4n) is 3.33. The van der Waals surface area contributed by atoms with E-state index >= 15 is 0 Å². The molecule has 2 aromatic carbocycles. The third kappa shape index (κ3) is 2.60. The molecule has 1 saturated heterocycles. The molecule has 1 aliphatic rings.